The lowest BCUT2D eigenvalue weighted by Crippen LogP contribution is -2.39. The highest BCUT2D eigenvalue weighted by Gasteiger charge is 2.23. The molecule has 1 aliphatic carbocycles. The molecule has 1 saturated carbocycles. The van der Waals surface area contributed by atoms with Crippen molar-refractivity contribution in [1.82, 2.24) is 15.3 Å². The van der Waals surface area contributed by atoms with Crippen LogP contribution in [0.4, 0.5) is 0 Å². The first-order valence-corrected chi connectivity index (χ1v) is 7.35. The molecule has 0 spiro atoms. The topological polar surface area (TPSA) is 64.1 Å². The van der Waals surface area contributed by atoms with E-state index in [0.29, 0.717) is 18.5 Å². The number of rotatable bonds is 4. The lowest BCUT2D eigenvalue weighted by Gasteiger charge is -2.28. The molecule has 5 nitrogen and oxygen atoms in total. The zero-order chi connectivity index (χ0) is 14.5. The molecule has 1 N–H and O–H groups in total. The zero-order valence-electron chi connectivity index (χ0n) is 12.5. The molecule has 1 aromatic heterocycles. The molecule has 1 amide bonds. The van der Waals surface area contributed by atoms with Gasteiger partial charge in [-0.3, -0.25) is 4.79 Å². The second-order valence-electron chi connectivity index (χ2n) is 5.45. The van der Waals surface area contributed by atoms with E-state index in [1.807, 2.05) is 26.8 Å². The van der Waals surface area contributed by atoms with Gasteiger partial charge in [0.1, 0.15) is 6.10 Å². The molecule has 5 heteroatoms. The summed E-state index contributed by atoms with van der Waals surface area (Å²) in [4.78, 5) is 20.0. The van der Waals surface area contributed by atoms with Crippen molar-refractivity contribution in [3.05, 3.63) is 17.5 Å². The Kier molecular flexibility index (Phi) is 4.93. The molecular weight excluding hydrogens is 254 g/mol. The Labute approximate surface area is 120 Å². The number of aromatic nitrogens is 2. The third-order valence-electron chi connectivity index (χ3n) is 3.59. The maximum absolute atomic E-state index is 11.4. The second-order valence-corrected chi connectivity index (χ2v) is 5.45. The van der Waals surface area contributed by atoms with Gasteiger partial charge >= 0.3 is 6.01 Å². The van der Waals surface area contributed by atoms with Gasteiger partial charge in [0.2, 0.25) is 5.91 Å². The van der Waals surface area contributed by atoms with Gasteiger partial charge < -0.3 is 10.1 Å². The van der Waals surface area contributed by atoms with Crippen molar-refractivity contribution in [3.63, 3.8) is 0 Å². The van der Waals surface area contributed by atoms with Gasteiger partial charge in [-0.15, -0.1) is 0 Å². The Hall–Kier alpha value is -1.65. The standard InChI is InChI=1S/C15H23N3O2/c1-4-14(19)18-12-5-7-13(8-6-12)20-15-16-10(2)9-11(3)17-15/h9,12-13H,4-8H2,1-3H3,(H,18,19). The average Bonchev–Trinajstić information content (AvgIpc) is 2.39. The average molecular weight is 277 g/mol. The van der Waals surface area contributed by atoms with E-state index in [-0.39, 0.29) is 12.0 Å². The highest BCUT2D eigenvalue weighted by Crippen LogP contribution is 2.22. The van der Waals surface area contributed by atoms with Crippen LogP contribution in [0, 0.1) is 13.8 Å². The smallest absolute Gasteiger partial charge is 0.317 e. The minimum Gasteiger partial charge on any atom is -0.460 e. The summed E-state index contributed by atoms with van der Waals surface area (Å²) in [5.74, 6) is 0.131. The fraction of sp³-hybridized carbons (Fsp3) is 0.667. The third kappa shape index (κ3) is 4.18. The van der Waals surface area contributed by atoms with Crippen LogP contribution in [0.15, 0.2) is 6.07 Å². The maximum Gasteiger partial charge on any atom is 0.317 e. The van der Waals surface area contributed by atoms with Crippen LogP contribution in [0.5, 0.6) is 6.01 Å². The van der Waals surface area contributed by atoms with Crippen LogP contribution in [-0.4, -0.2) is 28.0 Å². The molecule has 0 bridgehead atoms. The number of ether oxygens (including phenoxy) is 1. The Morgan fingerprint density at radius 2 is 1.85 bits per heavy atom. The molecule has 0 radical (unpaired) electrons. The molecule has 0 atom stereocenters. The monoisotopic (exact) mass is 277 g/mol. The predicted molar refractivity (Wildman–Crippen MR) is 76.6 cm³/mol. The van der Waals surface area contributed by atoms with Crippen LogP contribution in [0.1, 0.15) is 50.4 Å². The normalized spacial score (nSPS) is 22.4. The quantitative estimate of drug-likeness (QED) is 0.917. The number of amides is 1. The summed E-state index contributed by atoms with van der Waals surface area (Å²) in [5.41, 5.74) is 1.85. The van der Waals surface area contributed by atoms with Gasteiger partial charge in [0.25, 0.3) is 0 Å². The summed E-state index contributed by atoms with van der Waals surface area (Å²) in [6.45, 7) is 5.76. The van der Waals surface area contributed by atoms with E-state index in [2.05, 4.69) is 15.3 Å². The Morgan fingerprint density at radius 1 is 1.25 bits per heavy atom. The number of hydrogen-bond donors (Lipinski definition) is 1. The molecule has 0 unspecified atom stereocenters. The van der Waals surface area contributed by atoms with Gasteiger partial charge in [-0.1, -0.05) is 6.92 Å². The fourth-order valence-corrected chi connectivity index (χ4v) is 2.55. The summed E-state index contributed by atoms with van der Waals surface area (Å²) in [6.07, 6.45) is 4.50. The predicted octanol–water partition coefficient (Wildman–Crippen LogP) is 2.31. The molecule has 20 heavy (non-hydrogen) atoms. The summed E-state index contributed by atoms with van der Waals surface area (Å²) in [6, 6.07) is 2.70. The Morgan fingerprint density at radius 3 is 2.40 bits per heavy atom. The molecule has 0 aliphatic heterocycles. The SMILES string of the molecule is CCC(=O)NC1CCC(Oc2nc(C)cc(C)n2)CC1. The number of nitrogens with zero attached hydrogens (tertiary/aromatic N) is 2. The van der Waals surface area contributed by atoms with Gasteiger partial charge in [-0.05, 0) is 45.6 Å². The van der Waals surface area contributed by atoms with Gasteiger partial charge in [0.15, 0.2) is 0 Å². The molecule has 2 rings (SSSR count). The lowest BCUT2D eigenvalue weighted by atomic mass is 9.93. The Bertz CT molecular complexity index is 448. The summed E-state index contributed by atoms with van der Waals surface area (Å²) in [7, 11) is 0. The third-order valence-corrected chi connectivity index (χ3v) is 3.59. The number of carbonyl (C=O) groups excluding carboxylic acids is 1. The summed E-state index contributed by atoms with van der Waals surface area (Å²) in [5, 5.41) is 3.05. The molecule has 1 fully saturated rings. The van der Waals surface area contributed by atoms with Gasteiger partial charge in [-0.2, -0.15) is 0 Å². The van der Waals surface area contributed by atoms with Crippen molar-refractivity contribution >= 4 is 5.91 Å². The molecule has 1 aliphatic rings. The van der Waals surface area contributed by atoms with E-state index in [1.54, 1.807) is 0 Å². The highest BCUT2D eigenvalue weighted by molar-refractivity contribution is 5.75. The second kappa shape index (κ2) is 6.68. The van der Waals surface area contributed by atoms with Crippen LogP contribution >= 0.6 is 0 Å². The number of nitrogens with one attached hydrogen (secondary N) is 1. The van der Waals surface area contributed by atoms with Gasteiger partial charge in [0, 0.05) is 23.9 Å². The molecular formula is C15H23N3O2. The zero-order valence-corrected chi connectivity index (χ0v) is 12.5. The van der Waals surface area contributed by atoms with Crippen molar-refractivity contribution in [3.8, 4) is 6.01 Å². The first-order chi connectivity index (χ1) is 9.56. The fourth-order valence-electron chi connectivity index (χ4n) is 2.55. The van der Waals surface area contributed by atoms with Crippen molar-refractivity contribution in [1.29, 1.82) is 0 Å². The Balaban J connectivity index is 1.83. The first kappa shape index (κ1) is 14.8. The van der Waals surface area contributed by atoms with Crippen LogP contribution in [-0.2, 0) is 4.79 Å². The minimum absolute atomic E-state index is 0.131. The van der Waals surface area contributed by atoms with Crippen LogP contribution in [0.25, 0.3) is 0 Å². The van der Waals surface area contributed by atoms with Crippen molar-refractivity contribution < 1.29 is 9.53 Å². The number of carbonyl (C=O) groups is 1. The number of hydrogen-bond acceptors (Lipinski definition) is 4. The summed E-state index contributed by atoms with van der Waals surface area (Å²) < 4.78 is 5.86. The molecule has 1 heterocycles. The van der Waals surface area contributed by atoms with E-state index in [9.17, 15) is 4.79 Å². The highest BCUT2D eigenvalue weighted by atomic mass is 16.5. The van der Waals surface area contributed by atoms with Crippen LogP contribution in [0.2, 0.25) is 0 Å². The van der Waals surface area contributed by atoms with Crippen molar-refractivity contribution in [2.75, 3.05) is 0 Å². The van der Waals surface area contributed by atoms with Crippen LogP contribution in [0.3, 0.4) is 0 Å². The van der Waals surface area contributed by atoms with E-state index in [0.717, 1.165) is 37.1 Å². The largest absolute Gasteiger partial charge is 0.460 e. The van der Waals surface area contributed by atoms with E-state index in [1.165, 1.54) is 0 Å². The first-order valence-electron chi connectivity index (χ1n) is 7.35. The van der Waals surface area contributed by atoms with E-state index in [4.69, 9.17) is 4.74 Å². The molecule has 0 saturated heterocycles. The van der Waals surface area contributed by atoms with Crippen molar-refractivity contribution in [2.24, 2.45) is 0 Å². The summed E-state index contributed by atoms with van der Waals surface area (Å²) >= 11 is 0. The lowest BCUT2D eigenvalue weighted by molar-refractivity contribution is -0.121. The molecule has 0 aromatic carbocycles. The van der Waals surface area contributed by atoms with Crippen LogP contribution < -0.4 is 10.1 Å². The maximum atomic E-state index is 11.4. The molecule has 110 valence electrons. The van der Waals surface area contributed by atoms with Gasteiger partial charge in [-0.25, -0.2) is 9.97 Å². The minimum atomic E-state index is 0.131. The van der Waals surface area contributed by atoms with E-state index < -0.39 is 0 Å². The van der Waals surface area contributed by atoms with E-state index >= 15 is 0 Å². The van der Waals surface area contributed by atoms with Crippen molar-refractivity contribution in [2.45, 2.75) is 65.0 Å². The molecule has 1 aromatic rings. The van der Waals surface area contributed by atoms with Gasteiger partial charge in [0.05, 0.1) is 0 Å². The number of aryl methyl sites for hydroxylation is 2.